The Balaban J connectivity index is 1.55. The number of halogens is 1. The van der Waals surface area contributed by atoms with E-state index in [9.17, 15) is 4.39 Å². The van der Waals surface area contributed by atoms with E-state index >= 15 is 0 Å². The number of hydrogen-bond donors (Lipinski definition) is 0. The van der Waals surface area contributed by atoms with Crippen molar-refractivity contribution in [3.05, 3.63) is 66.0 Å². The topological polar surface area (TPSA) is 3.24 Å². The summed E-state index contributed by atoms with van der Waals surface area (Å²) in [6.45, 7) is 2.24. The summed E-state index contributed by atoms with van der Waals surface area (Å²) in [5.41, 5.74) is 2.58. The van der Waals surface area contributed by atoms with Crippen molar-refractivity contribution in [1.29, 1.82) is 0 Å². The molecule has 1 aliphatic rings. The number of nitrogens with zero attached hydrogens (tertiary/aromatic N) is 1. The van der Waals surface area contributed by atoms with Gasteiger partial charge < -0.3 is 4.90 Å². The molecule has 1 fully saturated rings. The first-order chi connectivity index (χ1) is 9.81. The summed E-state index contributed by atoms with van der Waals surface area (Å²) < 4.78 is 12.9. The van der Waals surface area contributed by atoms with Crippen LogP contribution in [0.1, 0.15) is 18.4 Å². The van der Waals surface area contributed by atoms with Crippen LogP contribution in [0.25, 0.3) is 0 Å². The third kappa shape index (κ3) is 3.19. The van der Waals surface area contributed by atoms with Gasteiger partial charge in [0.05, 0.1) is 0 Å². The summed E-state index contributed by atoms with van der Waals surface area (Å²) in [5, 5.41) is 0. The van der Waals surface area contributed by atoms with Crippen LogP contribution < -0.4 is 4.90 Å². The smallest absolute Gasteiger partial charge is 0.123 e. The minimum absolute atomic E-state index is 0.146. The van der Waals surface area contributed by atoms with E-state index < -0.39 is 0 Å². The molecule has 0 aliphatic carbocycles. The van der Waals surface area contributed by atoms with Gasteiger partial charge in [-0.2, -0.15) is 0 Å². The minimum atomic E-state index is -0.146. The molecule has 20 heavy (non-hydrogen) atoms. The van der Waals surface area contributed by atoms with Crippen molar-refractivity contribution >= 4 is 5.69 Å². The zero-order valence-corrected chi connectivity index (χ0v) is 11.6. The van der Waals surface area contributed by atoms with E-state index in [1.807, 2.05) is 12.1 Å². The van der Waals surface area contributed by atoms with Crippen LogP contribution in [0.3, 0.4) is 0 Å². The lowest BCUT2D eigenvalue weighted by Crippen LogP contribution is -2.34. The normalized spacial score (nSPS) is 16.4. The van der Waals surface area contributed by atoms with Crippen LogP contribution in [-0.4, -0.2) is 13.1 Å². The lowest BCUT2D eigenvalue weighted by Gasteiger charge is -2.33. The molecule has 1 heterocycles. The van der Waals surface area contributed by atoms with Gasteiger partial charge in [0.2, 0.25) is 0 Å². The van der Waals surface area contributed by atoms with Crippen molar-refractivity contribution in [3.63, 3.8) is 0 Å². The summed E-state index contributed by atoms with van der Waals surface area (Å²) in [7, 11) is 0. The fraction of sp³-hybridized carbons (Fsp3) is 0.333. The maximum absolute atomic E-state index is 12.9. The first-order valence-electron chi connectivity index (χ1n) is 7.36. The predicted molar refractivity (Wildman–Crippen MR) is 81.5 cm³/mol. The van der Waals surface area contributed by atoms with Crippen LogP contribution in [0, 0.1) is 11.7 Å². The standard InChI is InChI=1S/C18H20FN/c19-17-8-6-15(7-9-17)14-16-10-12-20(13-11-16)18-4-2-1-3-5-18/h1-9,16H,10-14H2. The molecule has 2 aromatic rings. The molecule has 0 bridgehead atoms. The van der Waals surface area contributed by atoms with Crippen LogP contribution in [0.2, 0.25) is 0 Å². The maximum Gasteiger partial charge on any atom is 0.123 e. The monoisotopic (exact) mass is 269 g/mol. The molecule has 0 saturated carbocycles. The molecule has 0 N–H and O–H groups in total. The maximum atomic E-state index is 12.9. The largest absolute Gasteiger partial charge is 0.372 e. The number of anilines is 1. The Hall–Kier alpha value is -1.83. The molecule has 0 spiro atoms. The Bertz CT molecular complexity index is 527. The fourth-order valence-corrected chi connectivity index (χ4v) is 2.99. The molecule has 0 aromatic heterocycles. The van der Waals surface area contributed by atoms with Crippen LogP contribution >= 0.6 is 0 Å². The summed E-state index contributed by atoms with van der Waals surface area (Å²) in [6, 6.07) is 17.6. The van der Waals surface area contributed by atoms with Gasteiger partial charge in [0, 0.05) is 18.8 Å². The lowest BCUT2D eigenvalue weighted by molar-refractivity contribution is 0.403. The van der Waals surface area contributed by atoms with Gasteiger partial charge in [-0.1, -0.05) is 30.3 Å². The second kappa shape index (κ2) is 6.08. The van der Waals surface area contributed by atoms with Crippen molar-refractivity contribution in [2.75, 3.05) is 18.0 Å². The van der Waals surface area contributed by atoms with Crippen molar-refractivity contribution in [2.45, 2.75) is 19.3 Å². The molecule has 0 radical (unpaired) electrons. The van der Waals surface area contributed by atoms with Gasteiger partial charge >= 0.3 is 0 Å². The molecule has 1 nitrogen and oxygen atoms in total. The van der Waals surface area contributed by atoms with E-state index in [-0.39, 0.29) is 5.82 Å². The highest BCUT2D eigenvalue weighted by molar-refractivity contribution is 5.46. The molecular formula is C18H20FN. The van der Waals surface area contributed by atoms with E-state index in [4.69, 9.17) is 0 Å². The summed E-state index contributed by atoms with van der Waals surface area (Å²) in [5.74, 6) is 0.577. The molecule has 104 valence electrons. The van der Waals surface area contributed by atoms with Gasteiger partial charge in [0.1, 0.15) is 5.82 Å². The number of rotatable bonds is 3. The Morgan fingerprint density at radius 3 is 2.20 bits per heavy atom. The lowest BCUT2D eigenvalue weighted by atomic mass is 9.90. The highest BCUT2D eigenvalue weighted by atomic mass is 19.1. The zero-order valence-electron chi connectivity index (χ0n) is 11.6. The number of piperidine rings is 1. The second-order valence-corrected chi connectivity index (χ2v) is 5.60. The van der Waals surface area contributed by atoms with Crippen molar-refractivity contribution in [1.82, 2.24) is 0 Å². The summed E-state index contributed by atoms with van der Waals surface area (Å²) in [6.07, 6.45) is 3.50. The number of hydrogen-bond acceptors (Lipinski definition) is 1. The van der Waals surface area contributed by atoms with Crippen molar-refractivity contribution < 1.29 is 4.39 Å². The zero-order chi connectivity index (χ0) is 13.8. The third-order valence-corrected chi connectivity index (χ3v) is 4.17. The van der Waals surface area contributed by atoms with Gasteiger partial charge in [-0.15, -0.1) is 0 Å². The van der Waals surface area contributed by atoms with E-state index in [0.717, 1.165) is 25.4 Å². The summed E-state index contributed by atoms with van der Waals surface area (Å²) >= 11 is 0. The van der Waals surface area contributed by atoms with E-state index in [0.29, 0.717) is 0 Å². The molecule has 0 amide bonds. The molecule has 1 aliphatic heterocycles. The summed E-state index contributed by atoms with van der Waals surface area (Å²) in [4.78, 5) is 2.46. The molecule has 0 atom stereocenters. The van der Waals surface area contributed by atoms with Crippen LogP contribution in [-0.2, 0) is 6.42 Å². The van der Waals surface area contributed by atoms with Gasteiger partial charge in [-0.05, 0) is 55.0 Å². The highest BCUT2D eigenvalue weighted by Gasteiger charge is 2.19. The van der Waals surface area contributed by atoms with Gasteiger partial charge in [0.15, 0.2) is 0 Å². The van der Waals surface area contributed by atoms with Gasteiger partial charge in [-0.25, -0.2) is 4.39 Å². The predicted octanol–water partition coefficient (Wildman–Crippen LogP) is 4.28. The Morgan fingerprint density at radius 1 is 0.900 bits per heavy atom. The van der Waals surface area contributed by atoms with Crippen LogP contribution in [0.4, 0.5) is 10.1 Å². The van der Waals surface area contributed by atoms with E-state index in [1.165, 1.54) is 24.1 Å². The van der Waals surface area contributed by atoms with Crippen LogP contribution in [0.15, 0.2) is 54.6 Å². The van der Waals surface area contributed by atoms with Crippen molar-refractivity contribution in [2.24, 2.45) is 5.92 Å². The first kappa shape index (κ1) is 13.2. The quantitative estimate of drug-likeness (QED) is 0.803. The van der Waals surface area contributed by atoms with Crippen molar-refractivity contribution in [3.8, 4) is 0 Å². The first-order valence-corrected chi connectivity index (χ1v) is 7.36. The minimum Gasteiger partial charge on any atom is -0.372 e. The SMILES string of the molecule is Fc1ccc(CC2CCN(c3ccccc3)CC2)cc1. The average molecular weight is 269 g/mol. The number of benzene rings is 2. The van der Waals surface area contributed by atoms with Crippen LogP contribution in [0.5, 0.6) is 0 Å². The molecule has 3 rings (SSSR count). The average Bonchev–Trinajstić information content (AvgIpc) is 2.51. The van der Waals surface area contributed by atoms with E-state index in [2.05, 4.69) is 35.2 Å². The molecule has 2 heteroatoms. The number of para-hydroxylation sites is 1. The van der Waals surface area contributed by atoms with Gasteiger partial charge in [-0.3, -0.25) is 0 Å². The molecule has 1 saturated heterocycles. The second-order valence-electron chi connectivity index (χ2n) is 5.60. The Kier molecular flexibility index (Phi) is 4.00. The molecular weight excluding hydrogens is 249 g/mol. The Morgan fingerprint density at radius 2 is 1.55 bits per heavy atom. The highest BCUT2D eigenvalue weighted by Crippen LogP contribution is 2.25. The molecule has 0 unspecified atom stereocenters. The van der Waals surface area contributed by atoms with Gasteiger partial charge in [0.25, 0.3) is 0 Å². The van der Waals surface area contributed by atoms with E-state index in [1.54, 1.807) is 12.1 Å². The third-order valence-electron chi connectivity index (χ3n) is 4.17. The molecule has 2 aromatic carbocycles. The Labute approximate surface area is 120 Å². The fourth-order valence-electron chi connectivity index (χ4n) is 2.99.